The average molecular weight is 385 g/mol. The number of halogens is 1. The van der Waals surface area contributed by atoms with Crippen LogP contribution in [-0.2, 0) is 0 Å². The summed E-state index contributed by atoms with van der Waals surface area (Å²) in [7, 11) is 1.89. The van der Waals surface area contributed by atoms with Gasteiger partial charge in [0.15, 0.2) is 5.96 Å². The number of unbranched alkanes of at least 4 members (excludes halogenated alkanes) is 1. The van der Waals surface area contributed by atoms with Gasteiger partial charge in [0.05, 0.1) is 0 Å². The van der Waals surface area contributed by atoms with Gasteiger partial charge in [0, 0.05) is 26.7 Å². The molecule has 1 aliphatic rings. The number of hydrogen-bond acceptors (Lipinski definition) is 2. The van der Waals surface area contributed by atoms with E-state index in [1.54, 1.807) is 0 Å². The number of rotatable bonds is 5. The van der Waals surface area contributed by atoms with Crippen LogP contribution in [0.15, 0.2) is 4.99 Å². The van der Waals surface area contributed by atoms with Gasteiger partial charge in [-0.05, 0) is 43.6 Å². The molecule has 0 aromatic heterocycles. The van der Waals surface area contributed by atoms with Crippen molar-refractivity contribution >= 4 is 41.7 Å². The van der Waals surface area contributed by atoms with E-state index in [0.717, 1.165) is 31.5 Å². The molecule has 108 valence electrons. The van der Waals surface area contributed by atoms with E-state index < -0.39 is 0 Å². The molecule has 0 aromatic rings. The van der Waals surface area contributed by atoms with Crippen molar-refractivity contribution in [3.8, 4) is 0 Å². The van der Waals surface area contributed by atoms with Crippen molar-refractivity contribution in [2.75, 3.05) is 38.7 Å². The van der Waals surface area contributed by atoms with Crippen LogP contribution in [0.3, 0.4) is 0 Å². The van der Waals surface area contributed by atoms with Crippen molar-refractivity contribution in [2.24, 2.45) is 10.9 Å². The van der Waals surface area contributed by atoms with Crippen LogP contribution >= 0.6 is 35.7 Å². The van der Waals surface area contributed by atoms with Gasteiger partial charge in [0.25, 0.3) is 0 Å². The Morgan fingerprint density at radius 2 is 2.22 bits per heavy atom. The highest BCUT2D eigenvalue weighted by Gasteiger charge is 2.18. The first-order chi connectivity index (χ1) is 8.27. The highest BCUT2D eigenvalue weighted by molar-refractivity contribution is 14.0. The van der Waals surface area contributed by atoms with Gasteiger partial charge in [0.1, 0.15) is 0 Å². The molecule has 0 bridgehead atoms. The molecule has 18 heavy (non-hydrogen) atoms. The largest absolute Gasteiger partial charge is 0.356 e. The Morgan fingerprint density at radius 1 is 1.44 bits per heavy atom. The molecule has 0 aromatic carbocycles. The molecule has 0 radical (unpaired) electrons. The zero-order chi connectivity index (χ0) is 12.5. The standard InChI is InChI=1S/C13H27N3S.HI/c1-12-7-6-9-16(11-12)13(14-2)15-8-4-5-10-17-3;/h12H,4-11H2,1-3H3,(H,14,15);1H. The quantitative estimate of drug-likeness (QED) is 0.341. The van der Waals surface area contributed by atoms with E-state index in [-0.39, 0.29) is 24.0 Å². The highest BCUT2D eigenvalue weighted by atomic mass is 127. The normalized spacial score (nSPS) is 20.5. The lowest BCUT2D eigenvalue weighted by Gasteiger charge is -2.33. The summed E-state index contributed by atoms with van der Waals surface area (Å²) < 4.78 is 0. The molecule has 1 aliphatic heterocycles. The van der Waals surface area contributed by atoms with E-state index in [1.807, 2.05) is 18.8 Å². The summed E-state index contributed by atoms with van der Waals surface area (Å²) in [5.74, 6) is 3.17. The van der Waals surface area contributed by atoms with Gasteiger partial charge in [-0.3, -0.25) is 4.99 Å². The fraction of sp³-hybridized carbons (Fsp3) is 0.923. The first kappa shape index (κ1) is 18.4. The van der Waals surface area contributed by atoms with Gasteiger partial charge in [0.2, 0.25) is 0 Å². The van der Waals surface area contributed by atoms with Crippen LogP contribution in [0.25, 0.3) is 0 Å². The number of aliphatic imine (C=N–C) groups is 1. The van der Waals surface area contributed by atoms with Crippen molar-refractivity contribution in [3.63, 3.8) is 0 Å². The summed E-state index contributed by atoms with van der Waals surface area (Å²) in [4.78, 5) is 6.80. The molecule has 0 aliphatic carbocycles. The summed E-state index contributed by atoms with van der Waals surface area (Å²) in [6.07, 6.45) is 7.36. The van der Waals surface area contributed by atoms with E-state index in [4.69, 9.17) is 0 Å². The van der Waals surface area contributed by atoms with Gasteiger partial charge in [-0.15, -0.1) is 24.0 Å². The highest BCUT2D eigenvalue weighted by Crippen LogP contribution is 2.15. The van der Waals surface area contributed by atoms with Crippen LogP contribution in [-0.4, -0.2) is 49.6 Å². The number of nitrogens with zero attached hydrogens (tertiary/aromatic N) is 2. The second kappa shape index (κ2) is 11.2. The number of nitrogens with one attached hydrogen (secondary N) is 1. The third-order valence-electron chi connectivity index (χ3n) is 3.23. The maximum absolute atomic E-state index is 4.39. The summed E-state index contributed by atoms with van der Waals surface area (Å²) in [5.41, 5.74) is 0. The van der Waals surface area contributed by atoms with Crippen LogP contribution in [0.4, 0.5) is 0 Å². The summed E-state index contributed by atoms with van der Waals surface area (Å²) in [6, 6.07) is 0. The minimum atomic E-state index is 0. The third kappa shape index (κ3) is 7.07. The second-order valence-electron chi connectivity index (χ2n) is 4.87. The smallest absolute Gasteiger partial charge is 0.193 e. The lowest BCUT2D eigenvalue weighted by molar-refractivity contribution is 0.266. The fourth-order valence-corrected chi connectivity index (χ4v) is 2.78. The number of likely N-dealkylation sites (tertiary alicyclic amines) is 1. The molecule has 1 heterocycles. The first-order valence-electron chi connectivity index (χ1n) is 6.72. The van der Waals surface area contributed by atoms with E-state index in [1.165, 1.54) is 31.4 Å². The number of piperidine rings is 1. The molecule has 0 amide bonds. The van der Waals surface area contributed by atoms with Gasteiger partial charge in [-0.1, -0.05) is 6.92 Å². The van der Waals surface area contributed by atoms with Gasteiger partial charge >= 0.3 is 0 Å². The molecule has 1 atom stereocenters. The van der Waals surface area contributed by atoms with Crippen LogP contribution in [0, 0.1) is 5.92 Å². The molecule has 0 spiro atoms. The van der Waals surface area contributed by atoms with Crippen molar-refractivity contribution in [1.29, 1.82) is 0 Å². The SMILES string of the molecule is CN=C(NCCCCSC)N1CCCC(C)C1.I. The predicted octanol–water partition coefficient (Wildman–Crippen LogP) is 3.05. The van der Waals surface area contributed by atoms with Crippen molar-refractivity contribution < 1.29 is 0 Å². The molecule has 1 saturated heterocycles. The van der Waals surface area contributed by atoms with E-state index in [2.05, 4.69) is 28.4 Å². The van der Waals surface area contributed by atoms with E-state index >= 15 is 0 Å². The minimum absolute atomic E-state index is 0. The zero-order valence-electron chi connectivity index (χ0n) is 11.9. The van der Waals surface area contributed by atoms with Crippen molar-refractivity contribution in [3.05, 3.63) is 0 Å². The maximum atomic E-state index is 4.39. The second-order valence-corrected chi connectivity index (χ2v) is 5.85. The number of guanidine groups is 1. The van der Waals surface area contributed by atoms with Crippen LogP contribution < -0.4 is 5.32 Å². The first-order valence-corrected chi connectivity index (χ1v) is 8.12. The maximum Gasteiger partial charge on any atom is 0.193 e. The van der Waals surface area contributed by atoms with E-state index in [0.29, 0.717) is 0 Å². The molecule has 1 unspecified atom stereocenters. The molecule has 0 saturated carbocycles. The van der Waals surface area contributed by atoms with Crippen molar-refractivity contribution in [2.45, 2.75) is 32.6 Å². The molecule has 1 fully saturated rings. The minimum Gasteiger partial charge on any atom is -0.356 e. The molecule has 1 rings (SSSR count). The summed E-state index contributed by atoms with van der Waals surface area (Å²) in [6.45, 7) is 5.70. The average Bonchev–Trinajstić information content (AvgIpc) is 2.34. The Balaban J connectivity index is 0.00000289. The zero-order valence-corrected chi connectivity index (χ0v) is 15.1. The molecule has 5 heteroatoms. The predicted molar refractivity (Wildman–Crippen MR) is 94.4 cm³/mol. The van der Waals surface area contributed by atoms with Gasteiger partial charge in [-0.25, -0.2) is 0 Å². The molecular weight excluding hydrogens is 357 g/mol. The Bertz CT molecular complexity index is 236. The summed E-state index contributed by atoms with van der Waals surface area (Å²) >= 11 is 1.93. The monoisotopic (exact) mass is 385 g/mol. The van der Waals surface area contributed by atoms with Crippen LogP contribution in [0.5, 0.6) is 0 Å². The lowest BCUT2D eigenvalue weighted by Crippen LogP contribution is -2.46. The molecule has 3 nitrogen and oxygen atoms in total. The third-order valence-corrected chi connectivity index (χ3v) is 3.92. The van der Waals surface area contributed by atoms with Crippen LogP contribution in [0.1, 0.15) is 32.6 Å². The van der Waals surface area contributed by atoms with E-state index in [9.17, 15) is 0 Å². The molecular formula is C13H28IN3S. The fourth-order valence-electron chi connectivity index (χ4n) is 2.29. The Hall–Kier alpha value is 0.350. The van der Waals surface area contributed by atoms with Gasteiger partial charge < -0.3 is 10.2 Å². The number of hydrogen-bond donors (Lipinski definition) is 1. The summed E-state index contributed by atoms with van der Waals surface area (Å²) in [5, 5.41) is 3.49. The number of thioether (sulfide) groups is 1. The van der Waals surface area contributed by atoms with Crippen LogP contribution in [0.2, 0.25) is 0 Å². The van der Waals surface area contributed by atoms with Crippen molar-refractivity contribution in [1.82, 2.24) is 10.2 Å². The van der Waals surface area contributed by atoms with Gasteiger partial charge in [-0.2, -0.15) is 11.8 Å². The Kier molecular flexibility index (Phi) is 11.4. The lowest BCUT2D eigenvalue weighted by atomic mass is 10.0. The topological polar surface area (TPSA) is 27.6 Å². The Morgan fingerprint density at radius 3 is 2.83 bits per heavy atom. The molecule has 1 N–H and O–H groups in total. The Labute approximate surface area is 134 Å².